The largest absolute Gasteiger partial charge is 0.461 e. The van der Waals surface area contributed by atoms with E-state index in [2.05, 4.69) is 6.58 Å². The van der Waals surface area contributed by atoms with Gasteiger partial charge in [-0.05, 0) is 51.8 Å². The van der Waals surface area contributed by atoms with Crippen LogP contribution in [0.15, 0.2) is 23.8 Å². The minimum atomic E-state index is -0.729. The fourth-order valence-corrected chi connectivity index (χ4v) is 2.64. The van der Waals surface area contributed by atoms with Gasteiger partial charge < -0.3 is 19.3 Å². The Bertz CT molecular complexity index is 498. The van der Waals surface area contributed by atoms with Gasteiger partial charge >= 0.3 is 5.97 Å². The third-order valence-corrected chi connectivity index (χ3v) is 3.85. The van der Waals surface area contributed by atoms with Gasteiger partial charge in [-0.2, -0.15) is 0 Å². The SMILES string of the molecule is C=C1/C(=C\COC(=O)C(C)(C)C)C[C@@H](O)[C@H]2OC(C)(C)O[C@H]12. The van der Waals surface area contributed by atoms with Crippen LogP contribution in [0, 0.1) is 5.41 Å². The van der Waals surface area contributed by atoms with E-state index in [-0.39, 0.29) is 18.7 Å². The summed E-state index contributed by atoms with van der Waals surface area (Å²) in [6.45, 7) is 13.3. The van der Waals surface area contributed by atoms with Crippen molar-refractivity contribution in [2.45, 2.75) is 65.1 Å². The topological polar surface area (TPSA) is 65.0 Å². The van der Waals surface area contributed by atoms with Crippen molar-refractivity contribution in [2.24, 2.45) is 5.41 Å². The zero-order valence-corrected chi connectivity index (χ0v) is 14.0. The highest BCUT2D eigenvalue weighted by atomic mass is 16.8. The highest BCUT2D eigenvalue weighted by Crippen LogP contribution is 2.41. The third kappa shape index (κ3) is 3.59. The number of carbonyl (C=O) groups is 1. The van der Waals surface area contributed by atoms with Crippen LogP contribution in [0.4, 0.5) is 0 Å². The molecule has 0 aromatic carbocycles. The lowest BCUT2D eigenvalue weighted by atomic mass is 9.84. The van der Waals surface area contributed by atoms with Crippen LogP contribution in [-0.2, 0) is 19.0 Å². The maximum absolute atomic E-state index is 11.8. The Hall–Kier alpha value is -1.17. The minimum Gasteiger partial charge on any atom is -0.461 e. The number of esters is 1. The molecule has 0 bridgehead atoms. The standard InChI is InChI=1S/C17H26O5/c1-10-11(7-8-20-15(19)16(2,3)4)9-12(18)14-13(10)21-17(5,6)22-14/h7,12-14,18H,1,8-9H2,2-6H3/b11-7-/t12-,13-,14-/m1/s1. The van der Waals surface area contributed by atoms with Gasteiger partial charge in [-0.25, -0.2) is 0 Å². The molecular weight excluding hydrogens is 284 g/mol. The van der Waals surface area contributed by atoms with Gasteiger partial charge in [0.05, 0.1) is 11.5 Å². The summed E-state index contributed by atoms with van der Waals surface area (Å²) in [6.07, 6.45) is 0.814. The molecule has 0 aromatic rings. The average Bonchev–Trinajstić information content (AvgIpc) is 2.70. The van der Waals surface area contributed by atoms with Crippen LogP contribution < -0.4 is 0 Å². The molecular formula is C17H26O5. The van der Waals surface area contributed by atoms with Crippen LogP contribution in [0.5, 0.6) is 0 Å². The van der Waals surface area contributed by atoms with E-state index in [1.54, 1.807) is 6.08 Å². The number of rotatable bonds is 2. The molecule has 1 N–H and O–H groups in total. The van der Waals surface area contributed by atoms with Crippen LogP contribution >= 0.6 is 0 Å². The molecule has 0 spiro atoms. The van der Waals surface area contributed by atoms with Gasteiger partial charge in [-0.1, -0.05) is 6.58 Å². The molecule has 3 atom stereocenters. The second kappa shape index (κ2) is 5.80. The quantitative estimate of drug-likeness (QED) is 0.793. The van der Waals surface area contributed by atoms with Crippen LogP contribution in [0.3, 0.4) is 0 Å². The van der Waals surface area contributed by atoms with Crippen LogP contribution in [0.1, 0.15) is 41.0 Å². The summed E-state index contributed by atoms with van der Waals surface area (Å²) in [7, 11) is 0. The Kier molecular flexibility index (Phi) is 4.53. The van der Waals surface area contributed by atoms with Gasteiger partial charge in [0.1, 0.15) is 18.8 Å². The number of carbonyl (C=O) groups excluding carboxylic acids is 1. The van der Waals surface area contributed by atoms with Crippen molar-refractivity contribution < 1.29 is 24.1 Å². The summed E-state index contributed by atoms with van der Waals surface area (Å²) in [5.41, 5.74) is 1.11. The first-order valence-corrected chi connectivity index (χ1v) is 7.60. The molecule has 0 radical (unpaired) electrons. The number of aliphatic hydroxyl groups excluding tert-OH is 1. The Balaban J connectivity index is 2.03. The van der Waals surface area contributed by atoms with Gasteiger partial charge in [-0.15, -0.1) is 0 Å². The number of ether oxygens (including phenoxy) is 3. The molecule has 0 unspecified atom stereocenters. The van der Waals surface area contributed by atoms with E-state index >= 15 is 0 Å². The molecule has 1 aliphatic heterocycles. The molecule has 0 amide bonds. The molecule has 5 nitrogen and oxygen atoms in total. The second-order valence-electron chi connectivity index (χ2n) is 7.40. The lowest BCUT2D eigenvalue weighted by Gasteiger charge is -2.31. The van der Waals surface area contributed by atoms with E-state index in [0.29, 0.717) is 6.42 Å². The first-order chi connectivity index (χ1) is 10.0. The van der Waals surface area contributed by atoms with Crippen LogP contribution in [-0.4, -0.2) is 41.8 Å². The van der Waals surface area contributed by atoms with Gasteiger partial charge in [0, 0.05) is 6.42 Å². The fraction of sp³-hybridized carbons (Fsp3) is 0.706. The van der Waals surface area contributed by atoms with Gasteiger partial charge in [-0.3, -0.25) is 4.79 Å². The summed E-state index contributed by atoms with van der Waals surface area (Å²) >= 11 is 0. The zero-order valence-electron chi connectivity index (χ0n) is 14.0. The van der Waals surface area contributed by atoms with Crippen molar-refractivity contribution in [1.29, 1.82) is 0 Å². The Morgan fingerprint density at radius 1 is 1.45 bits per heavy atom. The molecule has 22 heavy (non-hydrogen) atoms. The molecule has 5 heteroatoms. The van der Waals surface area contributed by atoms with E-state index in [1.807, 2.05) is 34.6 Å². The normalized spacial score (nSPS) is 32.9. The van der Waals surface area contributed by atoms with E-state index in [4.69, 9.17) is 14.2 Å². The fourth-order valence-electron chi connectivity index (χ4n) is 2.64. The molecule has 2 fully saturated rings. The highest BCUT2D eigenvalue weighted by molar-refractivity contribution is 5.75. The highest BCUT2D eigenvalue weighted by Gasteiger charge is 2.49. The Morgan fingerprint density at radius 2 is 2.09 bits per heavy atom. The first-order valence-electron chi connectivity index (χ1n) is 7.60. The summed E-state index contributed by atoms with van der Waals surface area (Å²) in [4.78, 5) is 11.8. The van der Waals surface area contributed by atoms with E-state index < -0.39 is 23.4 Å². The zero-order chi connectivity index (χ0) is 16.7. The molecule has 2 aliphatic rings. The van der Waals surface area contributed by atoms with Crippen molar-refractivity contribution in [1.82, 2.24) is 0 Å². The minimum absolute atomic E-state index is 0.165. The van der Waals surface area contributed by atoms with Crippen molar-refractivity contribution in [3.63, 3.8) is 0 Å². The Morgan fingerprint density at radius 3 is 2.68 bits per heavy atom. The van der Waals surface area contributed by atoms with E-state index in [0.717, 1.165) is 11.1 Å². The molecule has 2 rings (SSSR count). The van der Waals surface area contributed by atoms with Gasteiger partial charge in [0.25, 0.3) is 0 Å². The van der Waals surface area contributed by atoms with Gasteiger partial charge in [0.15, 0.2) is 5.79 Å². The smallest absolute Gasteiger partial charge is 0.311 e. The molecule has 124 valence electrons. The maximum atomic E-state index is 11.8. The molecule has 1 aliphatic carbocycles. The lowest BCUT2D eigenvalue weighted by molar-refractivity contribution is -0.152. The van der Waals surface area contributed by atoms with Crippen LogP contribution in [0.2, 0.25) is 0 Å². The van der Waals surface area contributed by atoms with E-state index in [1.165, 1.54) is 0 Å². The summed E-state index contributed by atoms with van der Waals surface area (Å²) in [5.74, 6) is -0.987. The molecule has 1 saturated carbocycles. The Labute approximate surface area is 131 Å². The number of aliphatic hydroxyl groups is 1. The number of fused-ring (bicyclic) bond motifs is 1. The molecule has 0 aromatic heterocycles. The molecule has 1 heterocycles. The van der Waals surface area contributed by atoms with Crippen molar-refractivity contribution in [3.8, 4) is 0 Å². The predicted octanol–water partition coefficient (Wildman–Crippen LogP) is 2.34. The summed E-state index contributed by atoms with van der Waals surface area (Å²) < 4.78 is 16.8. The number of hydrogen-bond acceptors (Lipinski definition) is 5. The van der Waals surface area contributed by atoms with Crippen molar-refractivity contribution in [2.75, 3.05) is 6.61 Å². The summed E-state index contributed by atoms with van der Waals surface area (Å²) in [5, 5.41) is 10.2. The summed E-state index contributed by atoms with van der Waals surface area (Å²) in [6, 6.07) is 0. The molecule has 1 saturated heterocycles. The maximum Gasteiger partial charge on any atom is 0.311 e. The third-order valence-electron chi connectivity index (χ3n) is 3.85. The van der Waals surface area contributed by atoms with Crippen LogP contribution in [0.25, 0.3) is 0 Å². The first kappa shape index (κ1) is 17.2. The average molecular weight is 310 g/mol. The van der Waals surface area contributed by atoms with Gasteiger partial charge in [0.2, 0.25) is 0 Å². The lowest BCUT2D eigenvalue weighted by Crippen LogP contribution is -2.41. The number of hydrogen-bond donors (Lipinski definition) is 1. The van der Waals surface area contributed by atoms with Crippen molar-refractivity contribution >= 4 is 5.97 Å². The van der Waals surface area contributed by atoms with E-state index in [9.17, 15) is 9.90 Å². The monoisotopic (exact) mass is 310 g/mol. The predicted molar refractivity (Wildman–Crippen MR) is 82.1 cm³/mol. The second-order valence-corrected chi connectivity index (χ2v) is 7.40. The van der Waals surface area contributed by atoms with Crippen molar-refractivity contribution in [3.05, 3.63) is 23.8 Å².